The van der Waals surface area contributed by atoms with Crippen LogP contribution in [-0.4, -0.2) is 30.1 Å². The minimum atomic E-state index is 0.724. The molecular weight excluding hydrogens is 172 g/mol. The van der Waals surface area contributed by atoms with Crippen LogP contribution in [0.3, 0.4) is 0 Å². The van der Waals surface area contributed by atoms with E-state index in [0.29, 0.717) is 0 Å². The monoisotopic (exact) mass is 198 g/mol. The number of nitrogens with two attached hydrogens (primary N) is 1. The summed E-state index contributed by atoms with van der Waals surface area (Å²) in [5.41, 5.74) is 5.73. The van der Waals surface area contributed by atoms with Crippen molar-refractivity contribution in [1.82, 2.24) is 4.90 Å². The number of hydrogen-bond acceptors (Lipinski definition) is 2. The van der Waals surface area contributed by atoms with Gasteiger partial charge in [-0.1, -0.05) is 13.8 Å². The van der Waals surface area contributed by atoms with Gasteiger partial charge in [0, 0.05) is 18.6 Å². The van der Waals surface area contributed by atoms with Crippen LogP contribution in [0.4, 0.5) is 0 Å². The molecule has 3 atom stereocenters. The van der Waals surface area contributed by atoms with Crippen molar-refractivity contribution in [2.75, 3.05) is 13.1 Å². The van der Waals surface area contributed by atoms with Crippen LogP contribution in [0.25, 0.3) is 0 Å². The maximum absolute atomic E-state index is 5.73. The first-order chi connectivity index (χ1) is 6.54. The topological polar surface area (TPSA) is 29.3 Å². The Balaban J connectivity index is 2.43. The van der Waals surface area contributed by atoms with Gasteiger partial charge in [0.1, 0.15) is 0 Å². The van der Waals surface area contributed by atoms with Gasteiger partial charge in [-0.2, -0.15) is 0 Å². The predicted octanol–water partition coefficient (Wildman–Crippen LogP) is 2.09. The SMILES string of the molecule is CC(C)CC(C)N1CC(CN)CC1C. The smallest absolute Gasteiger partial charge is 0.00734 e. The molecule has 0 aromatic heterocycles. The van der Waals surface area contributed by atoms with E-state index in [4.69, 9.17) is 5.73 Å². The van der Waals surface area contributed by atoms with Gasteiger partial charge in [0.2, 0.25) is 0 Å². The Morgan fingerprint density at radius 1 is 1.36 bits per heavy atom. The van der Waals surface area contributed by atoms with Crippen molar-refractivity contribution in [3.63, 3.8) is 0 Å². The summed E-state index contributed by atoms with van der Waals surface area (Å²) in [5, 5.41) is 0. The molecule has 0 saturated carbocycles. The van der Waals surface area contributed by atoms with Crippen molar-refractivity contribution in [3.8, 4) is 0 Å². The molecule has 3 unspecified atom stereocenters. The molecule has 0 aromatic carbocycles. The highest BCUT2D eigenvalue weighted by Crippen LogP contribution is 2.26. The van der Waals surface area contributed by atoms with Crippen molar-refractivity contribution >= 4 is 0 Å². The lowest BCUT2D eigenvalue weighted by Gasteiger charge is -2.29. The van der Waals surface area contributed by atoms with Crippen molar-refractivity contribution in [3.05, 3.63) is 0 Å². The van der Waals surface area contributed by atoms with Gasteiger partial charge in [-0.05, 0) is 45.1 Å². The fraction of sp³-hybridized carbons (Fsp3) is 1.00. The minimum absolute atomic E-state index is 0.724. The molecular formula is C12H26N2. The van der Waals surface area contributed by atoms with E-state index in [2.05, 4.69) is 32.6 Å². The Kier molecular flexibility index (Phi) is 4.39. The van der Waals surface area contributed by atoms with E-state index < -0.39 is 0 Å². The second-order valence-corrected chi connectivity index (χ2v) is 5.36. The van der Waals surface area contributed by atoms with Crippen LogP contribution in [0.5, 0.6) is 0 Å². The summed E-state index contributed by atoms with van der Waals surface area (Å²) in [6.45, 7) is 11.4. The fourth-order valence-electron chi connectivity index (χ4n) is 2.77. The van der Waals surface area contributed by atoms with Crippen LogP contribution in [-0.2, 0) is 0 Å². The molecule has 0 bridgehead atoms. The summed E-state index contributed by atoms with van der Waals surface area (Å²) >= 11 is 0. The highest BCUT2D eigenvalue weighted by atomic mass is 15.2. The number of nitrogens with zero attached hydrogens (tertiary/aromatic N) is 1. The van der Waals surface area contributed by atoms with Gasteiger partial charge in [-0.25, -0.2) is 0 Å². The molecule has 14 heavy (non-hydrogen) atoms. The maximum atomic E-state index is 5.73. The molecule has 1 aliphatic heterocycles. The van der Waals surface area contributed by atoms with Crippen LogP contribution in [0.15, 0.2) is 0 Å². The van der Waals surface area contributed by atoms with E-state index in [1.165, 1.54) is 19.4 Å². The van der Waals surface area contributed by atoms with Gasteiger partial charge in [0.05, 0.1) is 0 Å². The molecule has 0 spiro atoms. The van der Waals surface area contributed by atoms with E-state index in [9.17, 15) is 0 Å². The maximum Gasteiger partial charge on any atom is 0.00734 e. The first-order valence-corrected chi connectivity index (χ1v) is 6.00. The summed E-state index contributed by atoms with van der Waals surface area (Å²) in [6, 6.07) is 1.46. The molecule has 2 N–H and O–H groups in total. The number of likely N-dealkylation sites (tertiary alicyclic amines) is 1. The number of hydrogen-bond donors (Lipinski definition) is 1. The molecule has 0 aromatic rings. The Hall–Kier alpha value is -0.0800. The fourth-order valence-corrected chi connectivity index (χ4v) is 2.77. The third-order valence-corrected chi connectivity index (χ3v) is 3.42. The third kappa shape index (κ3) is 2.96. The highest BCUT2D eigenvalue weighted by Gasteiger charge is 2.31. The predicted molar refractivity (Wildman–Crippen MR) is 62.2 cm³/mol. The lowest BCUT2D eigenvalue weighted by Crippen LogP contribution is -2.37. The van der Waals surface area contributed by atoms with Crippen LogP contribution < -0.4 is 5.73 Å². The van der Waals surface area contributed by atoms with Crippen LogP contribution in [0, 0.1) is 11.8 Å². The van der Waals surface area contributed by atoms with Crippen LogP contribution >= 0.6 is 0 Å². The zero-order chi connectivity index (χ0) is 10.7. The lowest BCUT2D eigenvalue weighted by molar-refractivity contribution is 0.177. The van der Waals surface area contributed by atoms with Crippen LogP contribution in [0.1, 0.15) is 40.5 Å². The molecule has 0 amide bonds. The molecule has 1 heterocycles. The molecule has 1 rings (SSSR count). The molecule has 1 saturated heterocycles. The average molecular weight is 198 g/mol. The molecule has 1 aliphatic rings. The van der Waals surface area contributed by atoms with E-state index in [1.807, 2.05) is 0 Å². The van der Waals surface area contributed by atoms with Crippen molar-refractivity contribution in [2.45, 2.75) is 52.6 Å². The number of rotatable bonds is 4. The third-order valence-electron chi connectivity index (χ3n) is 3.42. The second kappa shape index (κ2) is 5.13. The van der Waals surface area contributed by atoms with E-state index in [1.54, 1.807) is 0 Å². The molecule has 0 aliphatic carbocycles. The largest absolute Gasteiger partial charge is 0.330 e. The summed E-state index contributed by atoms with van der Waals surface area (Å²) in [7, 11) is 0. The Labute approximate surface area is 88.8 Å². The zero-order valence-corrected chi connectivity index (χ0v) is 10.2. The Bertz CT molecular complexity index is 168. The normalized spacial score (nSPS) is 31.3. The molecule has 2 nitrogen and oxygen atoms in total. The van der Waals surface area contributed by atoms with Crippen molar-refractivity contribution < 1.29 is 0 Å². The second-order valence-electron chi connectivity index (χ2n) is 5.36. The first kappa shape index (κ1) is 12.0. The standard InChI is InChI=1S/C12H26N2/c1-9(2)5-10(3)14-8-12(7-13)6-11(14)4/h9-12H,5-8,13H2,1-4H3. The average Bonchev–Trinajstić information content (AvgIpc) is 2.45. The summed E-state index contributed by atoms with van der Waals surface area (Å²) in [4.78, 5) is 2.64. The van der Waals surface area contributed by atoms with Crippen LogP contribution in [0.2, 0.25) is 0 Å². The summed E-state index contributed by atoms with van der Waals surface area (Å²) < 4.78 is 0. The summed E-state index contributed by atoms with van der Waals surface area (Å²) in [6.07, 6.45) is 2.60. The zero-order valence-electron chi connectivity index (χ0n) is 10.2. The Morgan fingerprint density at radius 3 is 2.43 bits per heavy atom. The van der Waals surface area contributed by atoms with E-state index >= 15 is 0 Å². The van der Waals surface area contributed by atoms with E-state index in [-0.39, 0.29) is 0 Å². The first-order valence-electron chi connectivity index (χ1n) is 6.00. The van der Waals surface area contributed by atoms with Gasteiger partial charge in [0.25, 0.3) is 0 Å². The highest BCUT2D eigenvalue weighted by molar-refractivity contribution is 4.86. The van der Waals surface area contributed by atoms with Gasteiger partial charge >= 0.3 is 0 Å². The van der Waals surface area contributed by atoms with Crippen molar-refractivity contribution in [2.24, 2.45) is 17.6 Å². The molecule has 2 heteroatoms. The van der Waals surface area contributed by atoms with Gasteiger partial charge < -0.3 is 5.73 Å². The molecule has 1 fully saturated rings. The van der Waals surface area contributed by atoms with Gasteiger partial charge in [-0.3, -0.25) is 4.90 Å². The molecule has 0 radical (unpaired) electrons. The van der Waals surface area contributed by atoms with Crippen molar-refractivity contribution in [1.29, 1.82) is 0 Å². The molecule has 84 valence electrons. The van der Waals surface area contributed by atoms with Gasteiger partial charge in [-0.15, -0.1) is 0 Å². The minimum Gasteiger partial charge on any atom is -0.330 e. The van der Waals surface area contributed by atoms with Gasteiger partial charge in [0.15, 0.2) is 0 Å². The Morgan fingerprint density at radius 2 is 2.00 bits per heavy atom. The lowest BCUT2D eigenvalue weighted by atomic mass is 10.0. The summed E-state index contributed by atoms with van der Waals surface area (Å²) in [5.74, 6) is 1.54. The van der Waals surface area contributed by atoms with E-state index in [0.717, 1.165) is 30.5 Å². The quantitative estimate of drug-likeness (QED) is 0.749.